The third-order valence-electron chi connectivity index (χ3n) is 1.91. The van der Waals surface area contributed by atoms with Gasteiger partial charge in [-0.2, -0.15) is 13.2 Å². The Balaban J connectivity index is 3.33. The van der Waals surface area contributed by atoms with Crippen molar-refractivity contribution >= 4 is 17.6 Å². The molecule has 0 aliphatic rings. The molecule has 0 bridgehead atoms. The van der Waals surface area contributed by atoms with E-state index in [4.69, 9.17) is 10.9 Å². The van der Waals surface area contributed by atoms with E-state index in [0.717, 1.165) is 12.1 Å². The molecule has 0 aliphatic heterocycles. The van der Waals surface area contributed by atoms with Gasteiger partial charge in [-0.25, -0.2) is 0 Å². The summed E-state index contributed by atoms with van der Waals surface area (Å²) in [7, 11) is 0. The van der Waals surface area contributed by atoms with Crippen LogP contribution < -0.4 is 5.73 Å². The maximum Gasteiger partial charge on any atom is 0.416 e. The second-order valence-electron chi connectivity index (χ2n) is 2.90. The first-order chi connectivity index (χ1) is 7.40. The maximum atomic E-state index is 12.4. The molecule has 3 N–H and O–H groups in total. The molecule has 7 heteroatoms. The maximum absolute atomic E-state index is 12.4. The van der Waals surface area contributed by atoms with Crippen LogP contribution in [0.3, 0.4) is 0 Å². The van der Waals surface area contributed by atoms with E-state index in [1.165, 1.54) is 17.8 Å². The Morgan fingerprint density at radius 1 is 1.44 bits per heavy atom. The van der Waals surface area contributed by atoms with Crippen LogP contribution in [0.4, 0.5) is 13.2 Å². The number of nitrogens with zero attached hydrogens (tertiary/aromatic N) is 1. The molecule has 0 unspecified atom stereocenters. The minimum absolute atomic E-state index is 0.0739. The van der Waals surface area contributed by atoms with Crippen molar-refractivity contribution in [2.75, 3.05) is 6.26 Å². The van der Waals surface area contributed by atoms with E-state index in [-0.39, 0.29) is 11.4 Å². The molecule has 0 spiro atoms. The fourth-order valence-corrected chi connectivity index (χ4v) is 1.73. The number of nitrogens with two attached hydrogens (primary N) is 1. The van der Waals surface area contributed by atoms with E-state index < -0.39 is 11.7 Å². The Labute approximate surface area is 94.1 Å². The number of thioether (sulfide) groups is 1. The molecule has 1 rings (SSSR count). The van der Waals surface area contributed by atoms with Crippen LogP contribution in [-0.2, 0) is 6.18 Å². The number of alkyl halides is 3. The summed E-state index contributed by atoms with van der Waals surface area (Å²) in [6.45, 7) is 0. The standard InChI is InChI=1S/C9H9F3N2OS/c1-16-7-3-2-5(9(10,11)12)4-6(7)8(13)14-15/h2-4,15H,1H3,(H2,13,14). The van der Waals surface area contributed by atoms with Gasteiger partial charge in [-0.1, -0.05) is 5.16 Å². The number of hydrogen-bond donors (Lipinski definition) is 2. The molecule has 0 amide bonds. The molecule has 1 aromatic rings. The van der Waals surface area contributed by atoms with E-state index in [2.05, 4.69) is 5.16 Å². The summed E-state index contributed by atoms with van der Waals surface area (Å²) in [5.41, 5.74) is 4.55. The number of hydrogen-bond acceptors (Lipinski definition) is 3. The Morgan fingerprint density at radius 2 is 2.06 bits per heavy atom. The summed E-state index contributed by atoms with van der Waals surface area (Å²) in [5.74, 6) is -0.338. The summed E-state index contributed by atoms with van der Waals surface area (Å²) in [6, 6.07) is 3.11. The molecular formula is C9H9F3N2OS. The Hall–Kier alpha value is -1.37. The highest BCUT2D eigenvalue weighted by Gasteiger charge is 2.31. The average molecular weight is 250 g/mol. The average Bonchev–Trinajstić information content (AvgIpc) is 2.25. The van der Waals surface area contributed by atoms with Gasteiger partial charge >= 0.3 is 6.18 Å². The minimum Gasteiger partial charge on any atom is -0.409 e. The lowest BCUT2D eigenvalue weighted by molar-refractivity contribution is -0.137. The van der Waals surface area contributed by atoms with E-state index in [1.54, 1.807) is 6.26 Å². The predicted molar refractivity (Wildman–Crippen MR) is 55.7 cm³/mol. The van der Waals surface area contributed by atoms with Crippen LogP contribution in [0.2, 0.25) is 0 Å². The second kappa shape index (κ2) is 4.65. The van der Waals surface area contributed by atoms with Crippen molar-refractivity contribution in [1.82, 2.24) is 0 Å². The molecule has 0 atom stereocenters. The zero-order valence-electron chi connectivity index (χ0n) is 8.25. The highest BCUT2D eigenvalue weighted by atomic mass is 32.2. The van der Waals surface area contributed by atoms with Gasteiger partial charge in [0.25, 0.3) is 0 Å². The SMILES string of the molecule is CSc1ccc(C(F)(F)F)cc1/C(N)=N/O. The number of amidine groups is 1. The summed E-state index contributed by atoms with van der Waals surface area (Å²) in [4.78, 5) is 0.517. The third-order valence-corrected chi connectivity index (χ3v) is 2.71. The van der Waals surface area contributed by atoms with Crippen molar-refractivity contribution in [2.45, 2.75) is 11.1 Å². The van der Waals surface area contributed by atoms with Gasteiger partial charge in [0.05, 0.1) is 5.56 Å². The normalized spacial score (nSPS) is 12.9. The van der Waals surface area contributed by atoms with Crippen LogP contribution in [0.25, 0.3) is 0 Å². The number of benzene rings is 1. The molecule has 0 saturated heterocycles. The van der Waals surface area contributed by atoms with Crippen molar-refractivity contribution in [3.05, 3.63) is 29.3 Å². The molecule has 16 heavy (non-hydrogen) atoms. The van der Waals surface area contributed by atoms with Crippen LogP contribution in [-0.4, -0.2) is 17.3 Å². The van der Waals surface area contributed by atoms with Crippen LogP contribution in [0.15, 0.2) is 28.3 Å². The van der Waals surface area contributed by atoms with Gasteiger partial charge in [-0.15, -0.1) is 11.8 Å². The van der Waals surface area contributed by atoms with Gasteiger partial charge in [-0.05, 0) is 24.5 Å². The summed E-state index contributed by atoms with van der Waals surface area (Å²) >= 11 is 1.22. The first-order valence-electron chi connectivity index (χ1n) is 4.13. The van der Waals surface area contributed by atoms with E-state index in [1.807, 2.05) is 0 Å². The van der Waals surface area contributed by atoms with Gasteiger partial charge in [0, 0.05) is 10.5 Å². The van der Waals surface area contributed by atoms with Crippen LogP contribution in [0.1, 0.15) is 11.1 Å². The first-order valence-corrected chi connectivity index (χ1v) is 5.35. The van der Waals surface area contributed by atoms with Crippen molar-refractivity contribution < 1.29 is 18.4 Å². The van der Waals surface area contributed by atoms with E-state index in [0.29, 0.717) is 4.90 Å². The minimum atomic E-state index is -4.44. The fourth-order valence-electron chi connectivity index (χ4n) is 1.14. The van der Waals surface area contributed by atoms with Crippen molar-refractivity contribution in [1.29, 1.82) is 0 Å². The van der Waals surface area contributed by atoms with Crippen molar-refractivity contribution in [2.24, 2.45) is 10.9 Å². The third kappa shape index (κ3) is 2.60. The topological polar surface area (TPSA) is 58.6 Å². The molecule has 0 saturated carbocycles. The Kier molecular flexibility index (Phi) is 3.69. The monoisotopic (exact) mass is 250 g/mol. The van der Waals surface area contributed by atoms with Crippen LogP contribution in [0.5, 0.6) is 0 Å². The lowest BCUT2D eigenvalue weighted by Gasteiger charge is -2.11. The van der Waals surface area contributed by atoms with Gasteiger partial charge < -0.3 is 10.9 Å². The van der Waals surface area contributed by atoms with E-state index >= 15 is 0 Å². The predicted octanol–water partition coefficient (Wildman–Crippen LogP) is 2.52. The molecule has 0 radical (unpaired) electrons. The summed E-state index contributed by atoms with van der Waals surface area (Å²) in [6.07, 6.45) is -2.75. The first kappa shape index (κ1) is 12.7. The zero-order chi connectivity index (χ0) is 12.3. The largest absolute Gasteiger partial charge is 0.416 e. The van der Waals surface area contributed by atoms with E-state index in [9.17, 15) is 13.2 Å². The van der Waals surface area contributed by atoms with Crippen molar-refractivity contribution in [3.63, 3.8) is 0 Å². The van der Waals surface area contributed by atoms with Crippen LogP contribution in [0, 0.1) is 0 Å². The molecular weight excluding hydrogens is 241 g/mol. The Morgan fingerprint density at radius 3 is 2.50 bits per heavy atom. The van der Waals surface area contributed by atoms with Gasteiger partial charge in [0.1, 0.15) is 0 Å². The molecule has 0 heterocycles. The molecule has 0 fully saturated rings. The molecule has 1 aromatic carbocycles. The highest BCUT2D eigenvalue weighted by Crippen LogP contribution is 2.32. The lowest BCUT2D eigenvalue weighted by Crippen LogP contribution is -2.16. The molecule has 3 nitrogen and oxygen atoms in total. The summed E-state index contributed by atoms with van der Waals surface area (Å²) in [5, 5.41) is 11.2. The van der Waals surface area contributed by atoms with Crippen LogP contribution >= 0.6 is 11.8 Å². The number of oxime groups is 1. The van der Waals surface area contributed by atoms with Gasteiger partial charge in [0.2, 0.25) is 0 Å². The Bertz CT molecular complexity index is 418. The highest BCUT2D eigenvalue weighted by molar-refractivity contribution is 7.98. The lowest BCUT2D eigenvalue weighted by atomic mass is 10.1. The van der Waals surface area contributed by atoms with Gasteiger partial charge in [0.15, 0.2) is 5.84 Å². The number of rotatable bonds is 2. The molecule has 0 aromatic heterocycles. The fraction of sp³-hybridized carbons (Fsp3) is 0.222. The number of halogens is 3. The summed E-state index contributed by atoms with van der Waals surface area (Å²) < 4.78 is 37.3. The van der Waals surface area contributed by atoms with Gasteiger partial charge in [-0.3, -0.25) is 0 Å². The smallest absolute Gasteiger partial charge is 0.409 e. The molecule has 0 aliphatic carbocycles. The zero-order valence-corrected chi connectivity index (χ0v) is 9.06. The second-order valence-corrected chi connectivity index (χ2v) is 3.75. The van der Waals surface area contributed by atoms with Crippen molar-refractivity contribution in [3.8, 4) is 0 Å². The molecule has 88 valence electrons. The quantitative estimate of drug-likeness (QED) is 0.279.